The van der Waals surface area contributed by atoms with Gasteiger partial charge in [-0.05, 0) is 19.4 Å². The summed E-state index contributed by atoms with van der Waals surface area (Å²) in [7, 11) is -2.92. The van der Waals surface area contributed by atoms with Gasteiger partial charge in [-0.25, -0.2) is 0 Å². The smallest absolute Gasteiger partial charge is 0.309 e. The zero-order valence-corrected chi connectivity index (χ0v) is 10.9. The third-order valence-corrected chi connectivity index (χ3v) is 4.36. The normalized spacial score (nSPS) is 16.7. The van der Waals surface area contributed by atoms with Crippen LogP contribution < -0.4 is 0 Å². The summed E-state index contributed by atoms with van der Waals surface area (Å²) >= 11 is 0. The van der Waals surface area contributed by atoms with Gasteiger partial charge >= 0.3 is 7.60 Å². The zero-order valence-electron chi connectivity index (χ0n) is 10.1. The van der Waals surface area contributed by atoms with Crippen molar-refractivity contribution in [3.8, 4) is 0 Å². The van der Waals surface area contributed by atoms with Crippen LogP contribution in [-0.2, 0) is 13.6 Å². The quantitative estimate of drug-likeness (QED) is 0.707. The van der Waals surface area contributed by atoms with Crippen LogP contribution in [0.2, 0.25) is 0 Å². The third-order valence-electron chi connectivity index (χ3n) is 2.30. The monoisotopic (exact) mass is 242 g/mol. The van der Waals surface area contributed by atoms with E-state index in [0.717, 1.165) is 5.56 Å². The van der Waals surface area contributed by atoms with Crippen LogP contribution in [0.25, 0.3) is 0 Å². The molecule has 0 fully saturated rings. The Morgan fingerprint density at radius 3 is 2.38 bits per heavy atom. The predicted molar refractivity (Wildman–Crippen MR) is 65.7 cm³/mol. The minimum absolute atomic E-state index is 0.210. The topological polar surface area (TPSA) is 35.5 Å². The molecule has 1 aromatic rings. The van der Waals surface area contributed by atoms with Crippen LogP contribution in [0, 0.1) is 0 Å². The maximum absolute atomic E-state index is 12.1. The van der Waals surface area contributed by atoms with Crippen molar-refractivity contribution in [2.24, 2.45) is 0 Å². The second-order valence-electron chi connectivity index (χ2n) is 3.50. The molecule has 0 saturated carbocycles. The van der Waals surface area contributed by atoms with Gasteiger partial charge in [-0.2, -0.15) is 0 Å². The molecule has 0 amide bonds. The summed E-state index contributed by atoms with van der Waals surface area (Å²) in [4.78, 5) is 0. The van der Waals surface area contributed by atoms with Gasteiger partial charge in [0.25, 0.3) is 0 Å². The molecule has 0 N–H and O–H groups in total. The molecule has 0 radical (unpaired) electrons. The molecule has 0 saturated heterocycles. The Morgan fingerprint density at radius 1 is 1.25 bits per heavy atom. The standard InChI is InChI=1S/C12H19O3P/c1-4-14-16(13,5-2)15-11(3)12-9-7-6-8-10-12/h6-11H,4-5H2,1-3H3. The lowest BCUT2D eigenvalue weighted by atomic mass is 10.1. The first-order valence-electron chi connectivity index (χ1n) is 5.58. The zero-order chi connectivity index (χ0) is 12.0. The third kappa shape index (κ3) is 3.75. The molecular formula is C12H19O3P. The summed E-state index contributed by atoms with van der Waals surface area (Å²) < 4.78 is 22.9. The summed E-state index contributed by atoms with van der Waals surface area (Å²) in [6, 6.07) is 9.73. The molecule has 16 heavy (non-hydrogen) atoms. The molecule has 4 heteroatoms. The fourth-order valence-electron chi connectivity index (χ4n) is 1.42. The van der Waals surface area contributed by atoms with Gasteiger partial charge in [0.05, 0.1) is 12.7 Å². The molecule has 0 aliphatic rings. The van der Waals surface area contributed by atoms with Gasteiger partial charge in [0.2, 0.25) is 0 Å². The van der Waals surface area contributed by atoms with Crippen molar-refractivity contribution in [2.75, 3.05) is 12.8 Å². The average Bonchev–Trinajstić information content (AvgIpc) is 2.30. The molecule has 0 aliphatic carbocycles. The summed E-state index contributed by atoms with van der Waals surface area (Å²) in [6.07, 6.45) is 0.191. The Labute approximate surface area is 97.3 Å². The Kier molecular flexibility index (Phi) is 5.20. The second kappa shape index (κ2) is 6.19. The maximum Gasteiger partial charge on any atom is 0.330 e. The fourth-order valence-corrected chi connectivity index (χ4v) is 2.81. The van der Waals surface area contributed by atoms with E-state index in [4.69, 9.17) is 9.05 Å². The number of hydrogen-bond acceptors (Lipinski definition) is 3. The SMILES string of the molecule is CCOP(=O)(CC)OC(C)c1ccccc1. The number of rotatable bonds is 6. The molecule has 2 atom stereocenters. The van der Waals surface area contributed by atoms with Crippen LogP contribution in [0.15, 0.2) is 30.3 Å². The molecule has 0 heterocycles. The highest BCUT2D eigenvalue weighted by Crippen LogP contribution is 2.51. The van der Waals surface area contributed by atoms with Gasteiger partial charge in [0.1, 0.15) is 0 Å². The van der Waals surface area contributed by atoms with Crippen LogP contribution in [0.3, 0.4) is 0 Å². The molecule has 1 rings (SSSR count). The van der Waals surface area contributed by atoms with Crippen LogP contribution in [0.5, 0.6) is 0 Å². The van der Waals surface area contributed by atoms with Gasteiger partial charge in [-0.1, -0.05) is 37.3 Å². The van der Waals surface area contributed by atoms with Crippen molar-refractivity contribution in [1.29, 1.82) is 0 Å². The van der Waals surface area contributed by atoms with E-state index in [0.29, 0.717) is 12.8 Å². The first-order chi connectivity index (χ1) is 7.61. The molecule has 0 bridgehead atoms. The predicted octanol–water partition coefficient (Wildman–Crippen LogP) is 4.01. The lowest BCUT2D eigenvalue weighted by molar-refractivity contribution is 0.164. The Morgan fingerprint density at radius 2 is 1.88 bits per heavy atom. The first-order valence-corrected chi connectivity index (χ1v) is 7.31. The molecule has 90 valence electrons. The fraction of sp³-hybridized carbons (Fsp3) is 0.500. The lowest BCUT2D eigenvalue weighted by Crippen LogP contribution is -2.03. The van der Waals surface area contributed by atoms with Crippen molar-refractivity contribution in [2.45, 2.75) is 26.9 Å². The van der Waals surface area contributed by atoms with Crippen molar-refractivity contribution >= 4 is 7.60 Å². The van der Waals surface area contributed by atoms with Crippen molar-refractivity contribution < 1.29 is 13.6 Å². The first kappa shape index (κ1) is 13.4. The van der Waals surface area contributed by atoms with E-state index < -0.39 is 7.60 Å². The van der Waals surface area contributed by atoms with Gasteiger partial charge in [0, 0.05) is 6.16 Å². The molecule has 0 aromatic heterocycles. The largest absolute Gasteiger partial charge is 0.330 e. The van der Waals surface area contributed by atoms with E-state index in [1.165, 1.54) is 0 Å². The van der Waals surface area contributed by atoms with E-state index in [1.54, 1.807) is 0 Å². The second-order valence-corrected chi connectivity index (χ2v) is 5.83. The Bertz CT molecular complexity index is 351. The molecule has 0 aliphatic heterocycles. The highest BCUT2D eigenvalue weighted by Gasteiger charge is 2.24. The summed E-state index contributed by atoms with van der Waals surface area (Å²) in [6.45, 7) is 5.93. The van der Waals surface area contributed by atoms with Crippen LogP contribution in [-0.4, -0.2) is 12.8 Å². The Hall–Kier alpha value is -0.630. The van der Waals surface area contributed by atoms with Gasteiger partial charge < -0.3 is 9.05 Å². The van der Waals surface area contributed by atoms with E-state index in [1.807, 2.05) is 51.1 Å². The number of benzene rings is 1. The van der Waals surface area contributed by atoms with Crippen LogP contribution >= 0.6 is 7.60 Å². The van der Waals surface area contributed by atoms with Crippen molar-refractivity contribution in [1.82, 2.24) is 0 Å². The van der Waals surface area contributed by atoms with Crippen molar-refractivity contribution in [3.05, 3.63) is 35.9 Å². The molecule has 1 aromatic carbocycles. The van der Waals surface area contributed by atoms with E-state index in [2.05, 4.69) is 0 Å². The van der Waals surface area contributed by atoms with E-state index in [9.17, 15) is 4.57 Å². The Balaban J connectivity index is 2.70. The number of hydrogen-bond donors (Lipinski definition) is 0. The molecule has 2 unspecified atom stereocenters. The molecule has 0 spiro atoms. The minimum Gasteiger partial charge on any atom is -0.309 e. The van der Waals surface area contributed by atoms with Crippen LogP contribution in [0.1, 0.15) is 32.4 Å². The van der Waals surface area contributed by atoms with Gasteiger partial charge in [0.15, 0.2) is 0 Å². The summed E-state index contributed by atoms with van der Waals surface area (Å²) in [5.41, 5.74) is 1.01. The van der Waals surface area contributed by atoms with Crippen molar-refractivity contribution in [3.63, 3.8) is 0 Å². The molecular weight excluding hydrogens is 223 g/mol. The minimum atomic E-state index is -2.92. The summed E-state index contributed by atoms with van der Waals surface area (Å²) in [5, 5.41) is 0. The van der Waals surface area contributed by atoms with Crippen LogP contribution in [0.4, 0.5) is 0 Å². The highest BCUT2D eigenvalue weighted by molar-refractivity contribution is 7.53. The average molecular weight is 242 g/mol. The van der Waals surface area contributed by atoms with Gasteiger partial charge in [-0.15, -0.1) is 0 Å². The lowest BCUT2D eigenvalue weighted by Gasteiger charge is -2.21. The highest BCUT2D eigenvalue weighted by atomic mass is 31.2. The maximum atomic E-state index is 12.1. The van der Waals surface area contributed by atoms with Gasteiger partial charge in [-0.3, -0.25) is 4.57 Å². The van der Waals surface area contributed by atoms with E-state index in [-0.39, 0.29) is 6.10 Å². The molecule has 3 nitrogen and oxygen atoms in total. The summed E-state index contributed by atoms with van der Waals surface area (Å²) in [5.74, 6) is 0. The van der Waals surface area contributed by atoms with E-state index >= 15 is 0 Å².